The topological polar surface area (TPSA) is 126 Å². The Morgan fingerprint density at radius 3 is 2.67 bits per heavy atom. The second-order valence-corrected chi connectivity index (χ2v) is 9.58. The quantitative estimate of drug-likeness (QED) is 0.195. The predicted molar refractivity (Wildman–Crippen MR) is 145 cm³/mol. The van der Waals surface area contributed by atoms with Crippen molar-refractivity contribution >= 4 is 34.8 Å². The molecule has 198 valence electrons. The number of non-ortho nitro benzene ring substituents is 1. The van der Waals surface area contributed by atoms with Gasteiger partial charge in [-0.15, -0.1) is 0 Å². The molecule has 0 amide bonds. The highest BCUT2D eigenvalue weighted by Gasteiger charge is 2.31. The summed E-state index contributed by atoms with van der Waals surface area (Å²) in [6.45, 7) is 3.60. The van der Waals surface area contributed by atoms with Gasteiger partial charge in [-0.25, -0.2) is 9.79 Å². The van der Waals surface area contributed by atoms with Gasteiger partial charge in [0.1, 0.15) is 27.8 Å². The van der Waals surface area contributed by atoms with E-state index in [1.54, 1.807) is 63.4 Å². The van der Waals surface area contributed by atoms with Crippen molar-refractivity contribution in [3.05, 3.63) is 107 Å². The lowest BCUT2D eigenvalue weighted by Gasteiger charge is -2.22. The van der Waals surface area contributed by atoms with Crippen LogP contribution in [0.4, 0.5) is 5.69 Å². The number of nitrogens with zero attached hydrogens (tertiary/aromatic N) is 3. The fourth-order valence-corrected chi connectivity index (χ4v) is 5.35. The number of aromatic nitrogens is 1. The van der Waals surface area contributed by atoms with E-state index in [0.717, 1.165) is 5.56 Å². The SMILES string of the molecule is CCOC(=O)C1=C(C)n2c(s/c(=C\c3ccc(-c4cccc([N+](=O)[O-])c4)o3)c2=O)=N[C@@H]1c1ccc(OC)cc1. The maximum absolute atomic E-state index is 13.4. The van der Waals surface area contributed by atoms with Gasteiger partial charge in [0.2, 0.25) is 0 Å². The summed E-state index contributed by atoms with van der Waals surface area (Å²) in [5, 5.41) is 11.1. The molecule has 1 aliphatic heterocycles. The summed E-state index contributed by atoms with van der Waals surface area (Å²) in [5.74, 6) is 0.949. The molecule has 0 saturated carbocycles. The number of hydrogen-bond donors (Lipinski definition) is 0. The molecule has 0 unspecified atom stereocenters. The van der Waals surface area contributed by atoms with Crippen molar-refractivity contribution in [1.82, 2.24) is 4.57 Å². The van der Waals surface area contributed by atoms with Gasteiger partial charge < -0.3 is 13.9 Å². The predicted octanol–water partition coefficient (Wildman–Crippen LogP) is 4.08. The van der Waals surface area contributed by atoms with Crippen LogP contribution in [-0.2, 0) is 9.53 Å². The summed E-state index contributed by atoms with van der Waals surface area (Å²) in [4.78, 5) is 42.3. The van der Waals surface area contributed by atoms with Crippen LogP contribution >= 0.6 is 11.3 Å². The Labute approximate surface area is 225 Å². The number of carbonyl (C=O) groups excluding carboxylic acids is 1. The first-order valence-electron chi connectivity index (χ1n) is 12.0. The second kappa shape index (κ2) is 10.5. The highest BCUT2D eigenvalue weighted by Crippen LogP contribution is 2.33. The first-order chi connectivity index (χ1) is 18.8. The third kappa shape index (κ3) is 4.91. The number of benzene rings is 2. The van der Waals surface area contributed by atoms with Crippen LogP contribution in [0.2, 0.25) is 0 Å². The Hall–Kier alpha value is -4.77. The summed E-state index contributed by atoms with van der Waals surface area (Å²) in [7, 11) is 1.57. The van der Waals surface area contributed by atoms with Crippen molar-refractivity contribution in [3.63, 3.8) is 0 Å². The standard InChI is InChI=1S/C28H23N3O7S/c1-4-37-27(33)24-16(2)30-26(32)23(39-28(30)29-25(24)17-8-10-20(36-3)11-9-17)15-21-12-13-22(38-21)18-6-5-7-19(14-18)31(34)35/h5-15,25H,4H2,1-3H3/b23-15-/t25-/m1/s1. The van der Waals surface area contributed by atoms with E-state index in [-0.39, 0.29) is 23.4 Å². The zero-order valence-electron chi connectivity index (χ0n) is 21.2. The van der Waals surface area contributed by atoms with Gasteiger partial charge in [-0.3, -0.25) is 19.5 Å². The van der Waals surface area contributed by atoms with Gasteiger partial charge in [0.15, 0.2) is 4.80 Å². The van der Waals surface area contributed by atoms with E-state index in [9.17, 15) is 19.7 Å². The van der Waals surface area contributed by atoms with Crippen LogP contribution in [0.15, 0.2) is 80.4 Å². The van der Waals surface area contributed by atoms with Gasteiger partial charge in [-0.1, -0.05) is 35.6 Å². The fraction of sp³-hybridized carbons (Fsp3) is 0.179. The molecule has 10 nitrogen and oxygen atoms in total. The highest BCUT2D eigenvalue weighted by molar-refractivity contribution is 7.07. The molecule has 0 saturated heterocycles. The normalized spacial score (nSPS) is 15.1. The lowest BCUT2D eigenvalue weighted by atomic mass is 9.96. The first kappa shape index (κ1) is 25.9. The van der Waals surface area contributed by atoms with Gasteiger partial charge in [-0.2, -0.15) is 0 Å². The number of fused-ring (bicyclic) bond motifs is 1. The van der Waals surface area contributed by atoms with E-state index in [4.69, 9.17) is 18.9 Å². The van der Waals surface area contributed by atoms with Gasteiger partial charge in [0.25, 0.3) is 11.2 Å². The number of hydrogen-bond acceptors (Lipinski definition) is 9. The number of thiazole rings is 1. The Balaban J connectivity index is 1.60. The monoisotopic (exact) mass is 545 g/mol. The molecule has 0 spiro atoms. The van der Waals surface area contributed by atoms with E-state index < -0.39 is 16.9 Å². The van der Waals surface area contributed by atoms with Crippen LogP contribution in [0.1, 0.15) is 31.2 Å². The number of rotatable bonds is 7. The van der Waals surface area contributed by atoms with Crippen molar-refractivity contribution in [3.8, 4) is 17.1 Å². The molecule has 2 aromatic carbocycles. The molecule has 0 bridgehead atoms. The highest BCUT2D eigenvalue weighted by atomic mass is 32.1. The van der Waals surface area contributed by atoms with Gasteiger partial charge in [0.05, 0.1) is 24.2 Å². The molecule has 0 radical (unpaired) electrons. The van der Waals surface area contributed by atoms with Gasteiger partial charge >= 0.3 is 5.97 Å². The molecule has 0 fully saturated rings. The fourth-order valence-electron chi connectivity index (χ4n) is 4.33. The Morgan fingerprint density at radius 2 is 1.97 bits per heavy atom. The smallest absolute Gasteiger partial charge is 0.338 e. The lowest BCUT2D eigenvalue weighted by molar-refractivity contribution is -0.384. The number of ether oxygens (including phenoxy) is 2. The number of carbonyl (C=O) groups is 1. The van der Waals surface area contributed by atoms with Crippen LogP contribution in [0.3, 0.4) is 0 Å². The van der Waals surface area contributed by atoms with Crippen molar-refractivity contribution in [2.45, 2.75) is 19.9 Å². The molecule has 0 N–H and O–H groups in total. The Morgan fingerprint density at radius 1 is 1.21 bits per heavy atom. The minimum atomic E-state index is -0.662. The summed E-state index contributed by atoms with van der Waals surface area (Å²) >= 11 is 1.17. The minimum Gasteiger partial charge on any atom is -0.497 e. The van der Waals surface area contributed by atoms with Crippen LogP contribution in [0.5, 0.6) is 5.75 Å². The number of nitro groups is 1. The lowest BCUT2D eigenvalue weighted by Crippen LogP contribution is -2.35. The Bertz CT molecular complexity index is 1800. The van der Waals surface area contributed by atoms with Crippen LogP contribution in [-0.4, -0.2) is 29.2 Å². The summed E-state index contributed by atoms with van der Waals surface area (Å²) in [5.41, 5.74) is 1.62. The number of esters is 1. The second-order valence-electron chi connectivity index (χ2n) is 8.57. The summed E-state index contributed by atoms with van der Waals surface area (Å²) < 4.78 is 18.2. The molecular weight excluding hydrogens is 522 g/mol. The molecule has 4 aromatic rings. The maximum Gasteiger partial charge on any atom is 0.338 e. The number of methoxy groups -OCH3 is 1. The number of nitro benzene ring substituents is 1. The van der Waals surface area contributed by atoms with Crippen molar-refractivity contribution in [1.29, 1.82) is 0 Å². The molecule has 3 heterocycles. The maximum atomic E-state index is 13.4. The van der Waals surface area contributed by atoms with E-state index in [1.165, 1.54) is 28.0 Å². The van der Waals surface area contributed by atoms with E-state index in [2.05, 4.69) is 0 Å². The van der Waals surface area contributed by atoms with Crippen molar-refractivity contribution in [2.75, 3.05) is 13.7 Å². The molecule has 1 atom stereocenters. The van der Waals surface area contributed by atoms with Gasteiger partial charge in [-0.05, 0) is 43.7 Å². The summed E-state index contributed by atoms with van der Waals surface area (Å²) in [6.07, 6.45) is 1.59. The molecule has 2 aromatic heterocycles. The van der Waals surface area contributed by atoms with Crippen LogP contribution in [0, 0.1) is 10.1 Å². The largest absolute Gasteiger partial charge is 0.497 e. The molecule has 39 heavy (non-hydrogen) atoms. The average molecular weight is 546 g/mol. The number of allylic oxidation sites excluding steroid dienone is 1. The average Bonchev–Trinajstić information content (AvgIpc) is 3.53. The molecule has 11 heteroatoms. The zero-order chi connectivity index (χ0) is 27.7. The minimum absolute atomic E-state index is 0.0497. The molecule has 5 rings (SSSR count). The first-order valence-corrected chi connectivity index (χ1v) is 12.8. The van der Waals surface area contributed by atoms with E-state index in [0.29, 0.717) is 37.9 Å². The van der Waals surface area contributed by atoms with Crippen LogP contribution in [0.25, 0.3) is 23.1 Å². The third-order valence-corrected chi connectivity index (χ3v) is 7.20. The van der Waals surface area contributed by atoms with Crippen molar-refractivity contribution in [2.24, 2.45) is 4.99 Å². The van der Waals surface area contributed by atoms with E-state index in [1.807, 2.05) is 12.1 Å². The van der Waals surface area contributed by atoms with Crippen molar-refractivity contribution < 1.29 is 23.6 Å². The van der Waals surface area contributed by atoms with Crippen LogP contribution < -0.4 is 19.6 Å². The molecule has 1 aliphatic rings. The third-order valence-electron chi connectivity index (χ3n) is 6.21. The summed E-state index contributed by atoms with van der Waals surface area (Å²) in [6, 6.07) is 16.0. The zero-order valence-corrected chi connectivity index (χ0v) is 22.1. The number of furan rings is 1. The molecule has 0 aliphatic carbocycles. The van der Waals surface area contributed by atoms with Gasteiger partial charge in [0, 0.05) is 29.5 Å². The molecular formula is C28H23N3O7S. The van der Waals surface area contributed by atoms with E-state index >= 15 is 0 Å². The Kier molecular flexibility index (Phi) is 6.99.